The van der Waals surface area contributed by atoms with Crippen molar-refractivity contribution in [2.75, 3.05) is 13.1 Å². The lowest BCUT2D eigenvalue weighted by Crippen LogP contribution is -2.19. The van der Waals surface area contributed by atoms with Crippen molar-refractivity contribution < 1.29 is 0 Å². The predicted molar refractivity (Wildman–Crippen MR) is 93.4 cm³/mol. The maximum absolute atomic E-state index is 10.8. The summed E-state index contributed by atoms with van der Waals surface area (Å²) in [6.07, 6.45) is 18.1. The zero-order valence-electron chi connectivity index (χ0n) is 14.6. The molecule has 0 saturated carbocycles. The van der Waals surface area contributed by atoms with Crippen LogP contribution in [0.25, 0.3) is 0 Å². The Morgan fingerprint density at radius 3 is 1.24 bits per heavy atom. The minimum atomic E-state index is 0.854. The second-order valence-electron chi connectivity index (χ2n) is 6.28. The van der Waals surface area contributed by atoms with Gasteiger partial charge in [0.05, 0.1) is 5.29 Å². The van der Waals surface area contributed by atoms with E-state index in [1.807, 2.05) is 0 Å². The molecule has 0 aromatic rings. The normalized spacial score (nSPS) is 10.8. The van der Waals surface area contributed by atoms with Crippen molar-refractivity contribution in [2.24, 2.45) is 5.29 Å². The minimum Gasteiger partial charge on any atom is -0.261 e. The Morgan fingerprint density at radius 2 is 0.905 bits per heavy atom. The average molecular weight is 299 g/mol. The zero-order valence-corrected chi connectivity index (χ0v) is 14.6. The number of hydrogen-bond donors (Lipinski definition) is 0. The summed E-state index contributed by atoms with van der Waals surface area (Å²) in [5.41, 5.74) is 0. The summed E-state index contributed by atoms with van der Waals surface area (Å²) >= 11 is 0. The van der Waals surface area contributed by atoms with E-state index in [1.54, 1.807) is 5.01 Å². The van der Waals surface area contributed by atoms with E-state index in [0.29, 0.717) is 0 Å². The fourth-order valence-electron chi connectivity index (χ4n) is 2.70. The lowest BCUT2D eigenvalue weighted by atomic mass is 10.1. The molecule has 0 heterocycles. The van der Waals surface area contributed by atoms with Crippen molar-refractivity contribution in [3.8, 4) is 0 Å². The molecule has 0 rings (SSSR count). The summed E-state index contributed by atoms with van der Waals surface area (Å²) in [6, 6.07) is 0. The van der Waals surface area contributed by atoms with Gasteiger partial charge in [0.2, 0.25) is 0 Å². The highest BCUT2D eigenvalue weighted by Gasteiger charge is 2.02. The molecular formula is C18H38N2O. The Balaban J connectivity index is 3.31. The van der Waals surface area contributed by atoms with Gasteiger partial charge in [0.1, 0.15) is 0 Å². The van der Waals surface area contributed by atoms with Gasteiger partial charge in [-0.2, -0.15) is 0 Å². The first-order valence-corrected chi connectivity index (χ1v) is 9.43. The molecule has 0 saturated heterocycles. The molecule has 0 aromatic heterocycles. The molecule has 0 aliphatic rings. The van der Waals surface area contributed by atoms with Crippen LogP contribution in [0.5, 0.6) is 0 Å². The largest absolute Gasteiger partial charge is 0.261 e. The summed E-state index contributed by atoms with van der Waals surface area (Å²) in [5.74, 6) is 0. The SMILES string of the molecule is CCCCCCCCCN(CCCCCCCCC)N=O. The molecule has 0 radical (unpaired) electrons. The molecule has 3 heteroatoms. The Kier molecular flexibility index (Phi) is 17.0. The van der Waals surface area contributed by atoms with Crippen LogP contribution in [-0.4, -0.2) is 18.1 Å². The molecule has 0 aliphatic heterocycles. The van der Waals surface area contributed by atoms with Crippen LogP contribution in [0.3, 0.4) is 0 Å². The second-order valence-corrected chi connectivity index (χ2v) is 6.28. The van der Waals surface area contributed by atoms with Crippen molar-refractivity contribution in [3.05, 3.63) is 4.91 Å². The maximum atomic E-state index is 10.8. The van der Waals surface area contributed by atoms with E-state index >= 15 is 0 Å². The van der Waals surface area contributed by atoms with Crippen LogP contribution in [0.1, 0.15) is 104 Å². The molecule has 0 aromatic carbocycles. The Labute approximate surface area is 132 Å². The fraction of sp³-hybridized carbons (Fsp3) is 1.00. The highest BCUT2D eigenvalue weighted by Crippen LogP contribution is 2.10. The number of nitrogens with zero attached hydrogens (tertiary/aromatic N) is 2. The van der Waals surface area contributed by atoms with Crippen molar-refractivity contribution in [3.63, 3.8) is 0 Å². The van der Waals surface area contributed by atoms with Gasteiger partial charge in [-0.1, -0.05) is 90.9 Å². The molecule has 0 bridgehead atoms. The van der Waals surface area contributed by atoms with E-state index in [2.05, 4.69) is 19.1 Å². The highest BCUT2D eigenvalue weighted by atomic mass is 16.3. The summed E-state index contributed by atoms with van der Waals surface area (Å²) < 4.78 is 0. The van der Waals surface area contributed by atoms with Crippen LogP contribution < -0.4 is 0 Å². The first-order chi connectivity index (χ1) is 10.3. The topological polar surface area (TPSA) is 32.7 Å². The van der Waals surface area contributed by atoms with Crippen LogP contribution >= 0.6 is 0 Å². The van der Waals surface area contributed by atoms with Gasteiger partial charge in [-0.3, -0.25) is 5.01 Å². The molecule has 0 unspecified atom stereocenters. The molecule has 21 heavy (non-hydrogen) atoms. The van der Waals surface area contributed by atoms with Crippen molar-refractivity contribution >= 4 is 0 Å². The van der Waals surface area contributed by atoms with Gasteiger partial charge in [0.25, 0.3) is 0 Å². The van der Waals surface area contributed by atoms with E-state index in [0.717, 1.165) is 25.9 Å². The number of rotatable bonds is 17. The Morgan fingerprint density at radius 1 is 0.571 bits per heavy atom. The molecule has 3 nitrogen and oxygen atoms in total. The van der Waals surface area contributed by atoms with Crippen LogP contribution in [0.15, 0.2) is 5.29 Å². The van der Waals surface area contributed by atoms with Crippen molar-refractivity contribution in [2.45, 2.75) is 104 Å². The zero-order chi connectivity index (χ0) is 15.6. The maximum Gasteiger partial charge on any atom is 0.0523 e. The summed E-state index contributed by atoms with van der Waals surface area (Å²) in [4.78, 5) is 10.8. The first-order valence-electron chi connectivity index (χ1n) is 9.43. The van der Waals surface area contributed by atoms with Crippen molar-refractivity contribution in [1.29, 1.82) is 0 Å². The number of nitroso groups, excluding NO2 is 1. The smallest absolute Gasteiger partial charge is 0.0523 e. The molecule has 0 aliphatic carbocycles. The van der Waals surface area contributed by atoms with Crippen LogP contribution in [0, 0.1) is 4.91 Å². The van der Waals surface area contributed by atoms with Gasteiger partial charge >= 0.3 is 0 Å². The summed E-state index contributed by atoms with van der Waals surface area (Å²) in [6.45, 7) is 6.20. The summed E-state index contributed by atoms with van der Waals surface area (Å²) in [7, 11) is 0. The first kappa shape index (κ1) is 20.4. The summed E-state index contributed by atoms with van der Waals surface area (Å²) in [5, 5.41) is 4.90. The average Bonchev–Trinajstić information content (AvgIpc) is 2.51. The molecular weight excluding hydrogens is 260 g/mol. The second kappa shape index (κ2) is 17.5. The van der Waals surface area contributed by atoms with Crippen molar-refractivity contribution in [1.82, 2.24) is 5.01 Å². The van der Waals surface area contributed by atoms with Gasteiger partial charge < -0.3 is 0 Å². The molecule has 0 fully saturated rings. The Bertz CT molecular complexity index is 191. The van der Waals surface area contributed by atoms with E-state index < -0.39 is 0 Å². The number of unbranched alkanes of at least 4 members (excludes halogenated alkanes) is 12. The predicted octanol–water partition coefficient (Wildman–Crippen LogP) is 6.47. The third kappa shape index (κ3) is 15.6. The van der Waals surface area contributed by atoms with E-state index in [9.17, 15) is 4.91 Å². The molecule has 0 atom stereocenters. The third-order valence-corrected chi connectivity index (χ3v) is 4.16. The molecule has 0 N–H and O–H groups in total. The van der Waals surface area contributed by atoms with Crippen LogP contribution in [-0.2, 0) is 0 Å². The highest BCUT2D eigenvalue weighted by molar-refractivity contribution is 4.55. The van der Waals surface area contributed by atoms with E-state index in [-0.39, 0.29) is 0 Å². The van der Waals surface area contributed by atoms with E-state index in [1.165, 1.54) is 77.0 Å². The molecule has 126 valence electrons. The lowest BCUT2D eigenvalue weighted by molar-refractivity contribution is 0.269. The van der Waals surface area contributed by atoms with Gasteiger partial charge in [-0.05, 0) is 12.8 Å². The molecule has 0 amide bonds. The standard InChI is InChI=1S/C18H38N2O/c1-3-5-7-9-11-13-15-17-20(19-21)18-16-14-12-10-8-6-4-2/h3-18H2,1-2H3. The lowest BCUT2D eigenvalue weighted by Gasteiger charge is -2.14. The minimum absolute atomic E-state index is 0.854. The van der Waals surface area contributed by atoms with E-state index in [4.69, 9.17) is 0 Å². The van der Waals surface area contributed by atoms with Gasteiger partial charge in [0.15, 0.2) is 0 Å². The van der Waals surface area contributed by atoms with Gasteiger partial charge in [-0.15, -0.1) is 4.91 Å². The van der Waals surface area contributed by atoms with Crippen LogP contribution in [0.2, 0.25) is 0 Å². The fourth-order valence-corrected chi connectivity index (χ4v) is 2.70. The monoisotopic (exact) mass is 298 g/mol. The van der Waals surface area contributed by atoms with Gasteiger partial charge in [0, 0.05) is 13.1 Å². The molecule has 0 spiro atoms. The number of hydrogen-bond acceptors (Lipinski definition) is 2. The quantitative estimate of drug-likeness (QED) is 0.175. The van der Waals surface area contributed by atoms with Crippen LogP contribution in [0.4, 0.5) is 0 Å². The Hall–Kier alpha value is -0.600. The third-order valence-electron chi connectivity index (χ3n) is 4.16. The van der Waals surface area contributed by atoms with Gasteiger partial charge in [-0.25, -0.2) is 0 Å².